The molecule has 0 aromatic carbocycles. The monoisotopic (exact) mass is 188 g/mol. The maximum atomic E-state index is 10.6. The molecule has 1 aliphatic heterocycles. The van der Waals surface area contributed by atoms with Crippen molar-refractivity contribution in [3.8, 4) is 0 Å². The summed E-state index contributed by atoms with van der Waals surface area (Å²) < 4.78 is 0. The number of nitrogens with zero attached hydrogens (tertiary/aromatic N) is 1. The largest absolute Gasteiger partial charge is 0.313 e. The molecule has 1 aromatic heterocycles. The Morgan fingerprint density at radius 2 is 2.36 bits per heavy atom. The fourth-order valence-electron chi connectivity index (χ4n) is 1.58. The van der Waals surface area contributed by atoms with E-state index in [0.717, 1.165) is 31.4 Å². The van der Waals surface area contributed by atoms with E-state index in [9.17, 15) is 4.79 Å². The maximum absolute atomic E-state index is 10.6. The van der Waals surface area contributed by atoms with Gasteiger partial charge in [-0.05, 0) is 30.2 Å². The number of carbonyl (C=O) groups excluding carboxylic acids is 1. The molecule has 1 aromatic rings. The molecule has 0 fully saturated rings. The third-order valence-electron chi connectivity index (χ3n) is 2.33. The third-order valence-corrected chi connectivity index (χ3v) is 2.33. The van der Waals surface area contributed by atoms with E-state index in [-0.39, 0.29) is 0 Å². The Morgan fingerprint density at radius 3 is 3.07 bits per heavy atom. The van der Waals surface area contributed by atoms with Gasteiger partial charge in [0.1, 0.15) is 0 Å². The van der Waals surface area contributed by atoms with Crippen LogP contribution in [-0.4, -0.2) is 24.4 Å². The summed E-state index contributed by atoms with van der Waals surface area (Å²) in [5.41, 5.74) is 2.98. The molecule has 0 bridgehead atoms. The first-order valence-electron chi connectivity index (χ1n) is 4.70. The summed E-state index contributed by atoms with van der Waals surface area (Å²) in [5.74, 6) is 0. The van der Waals surface area contributed by atoms with Crippen LogP contribution >= 0.6 is 0 Å². The number of aldehydes is 1. The van der Waals surface area contributed by atoms with Crippen molar-refractivity contribution >= 4 is 11.9 Å². The Balaban J connectivity index is 2.30. The highest BCUT2D eigenvalue weighted by Crippen LogP contribution is 2.18. The van der Waals surface area contributed by atoms with Gasteiger partial charge in [0.2, 0.25) is 0 Å². The molecule has 0 radical (unpaired) electrons. The molecule has 3 nitrogen and oxygen atoms in total. The van der Waals surface area contributed by atoms with E-state index in [4.69, 9.17) is 0 Å². The van der Waals surface area contributed by atoms with Crippen molar-refractivity contribution in [3.05, 3.63) is 35.7 Å². The number of aromatic nitrogens is 1. The van der Waals surface area contributed by atoms with Crippen LogP contribution in [0.1, 0.15) is 22.3 Å². The molecule has 0 atom stereocenters. The van der Waals surface area contributed by atoms with E-state index in [0.29, 0.717) is 5.56 Å². The van der Waals surface area contributed by atoms with Gasteiger partial charge in [0.15, 0.2) is 6.29 Å². The summed E-state index contributed by atoms with van der Waals surface area (Å²) in [6.07, 6.45) is 7.37. The maximum Gasteiger partial charge on any atom is 0.151 e. The van der Waals surface area contributed by atoms with Crippen LogP contribution in [-0.2, 0) is 0 Å². The summed E-state index contributed by atoms with van der Waals surface area (Å²) in [7, 11) is 0. The highest BCUT2D eigenvalue weighted by molar-refractivity contribution is 5.77. The SMILES string of the molecule is O=Cc1cncc(C2=CCNCC2)c1. The molecule has 2 rings (SSSR count). The van der Waals surface area contributed by atoms with Gasteiger partial charge in [-0.1, -0.05) is 6.08 Å². The number of carbonyl (C=O) groups is 1. The molecule has 0 aliphatic carbocycles. The first-order chi connectivity index (χ1) is 6.90. The molecule has 0 saturated heterocycles. The predicted molar refractivity (Wildman–Crippen MR) is 55.1 cm³/mol. The standard InChI is InChI=1S/C11H12N2O/c14-8-9-5-11(7-13-6-9)10-1-3-12-4-2-10/h1,5-8,12H,2-4H2. The highest BCUT2D eigenvalue weighted by atomic mass is 16.1. The van der Waals surface area contributed by atoms with Gasteiger partial charge in [-0.2, -0.15) is 0 Å². The summed E-state index contributed by atoms with van der Waals surface area (Å²) in [6, 6.07) is 1.89. The van der Waals surface area contributed by atoms with Gasteiger partial charge in [0.25, 0.3) is 0 Å². The summed E-state index contributed by atoms with van der Waals surface area (Å²) in [4.78, 5) is 14.6. The molecular weight excluding hydrogens is 176 g/mol. The molecule has 0 spiro atoms. The zero-order valence-electron chi connectivity index (χ0n) is 7.86. The number of hydrogen-bond donors (Lipinski definition) is 1. The van der Waals surface area contributed by atoms with E-state index >= 15 is 0 Å². The molecule has 2 heterocycles. The van der Waals surface area contributed by atoms with Crippen molar-refractivity contribution in [1.82, 2.24) is 10.3 Å². The second-order valence-corrected chi connectivity index (χ2v) is 3.31. The van der Waals surface area contributed by atoms with Crippen molar-refractivity contribution < 1.29 is 4.79 Å². The Labute approximate surface area is 82.9 Å². The average molecular weight is 188 g/mol. The summed E-state index contributed by atoms with van der Waals surface area (Å²) in [6.45, 7) is 1.90. The molecule has 0 amide bonds. The van der Waals surface area contributed by atoms with Crippen molar-refractivity contribution in [2.45, 2.75) is 6.42 Å². The molecule has 1 aliphatic rings. The van der Waals surface area contributed by atoms with Gasteiger partial charge >= 0.3 is 0 Å². The topological polar surface area (TPSA) is 42.0 Å². The second kappa shape index (κ2) is 4.15. The predicted octanol–water partition coefficient (Wildman–Crippen LogP) is 1.27. The van der Waals surface area contributed by atoms with E-state index in [2.05, 4.69) is 16.4 Å². The zero-order valence-corrected chi connectivity index (χ0v) is 7.86. The minimum absolute atomic E-state index is 0.641. The third kappa shape index (κ3) is 1.88. The Hall–Kier alpha value is -1.48. The lowest BCUT2D eigenvalue weighted by atomic mass is 10.0. The van der Waals surface area contributed by atoms with Gasteiger partial charge in [-0.25, -0.2) is 0 Å². The van der Waals surface area contributed by atoms with Gasteiger partial charge < -0.3 is 5.32 Å². The Bertz CT molecular complexity index is 371. The first kappa shape index (κ1) is 9.09. The van der Waals surface area contributed by atoms with Gasteiger partial charge in [0, 0.05) is 24.5 Å². The van der Waals surface area contributed by atoms with E-state index in [1.807, 2.05) is 12.3 Å². The van der Waals surface area contributed by atoms with Crippen molar-refractivity contribution in [1.29, 1.82) is 0 Å². The molecule has 0 unspecified atom stereocenters. The Kier molecular flexibility index (Phi) is 2.70. The molecule has 1 N–H and O–H groups in total. The number of rotatable bonds is 2. The number of hydrogen-bond acceptors (Lipinski definition) is 3. The molecule has 72 valence electrons. The second-order valence-electron chi connectivity index (χ2n) is 3.31. The van der Waals surface area contributed by atoms with Crippen molar-refractivity contribution in [2.75, 3.05) is 13.1 Å². The van der Waals surface area contributed by atoms with E-state index < -0.39 is 0 Å². The first-order valence-corrected chi connectivity index (χ1v) is 4.70. The lowest BCUT2D eigenvalue weighted by molar-refractivity contribution is 0.112. The van der Waals surface area contributed by atoms with Crippen LogP contribution in [0.4, 0.5) is 0 Å². The van der Waals surface area contributed by atoms with Crippen LogP contribution in [0.25, 0.3) is 5.57 Å². The average Bonchev–Trinajstić information content (AvgIpc) is 2.30. The lowest BCUT2D eigenvalue weighted by Gasteiger charge is -2.13. The molecule has 14 heavy (non-hydrogen) atoms. The van der Waals surface area contributed by atoms with Crippen LogP contribution in [0.3, 0.4) is 0 Å². The normalized spacial score (nSPS) is 16.1. The quantitative estimate of drug-likeness (QED) is 0.711. The smallest absolute Gasteiger partial charge is 0.151 e. The summed E-state index contributed by atoms with van der Waals surface area (Å²) >= 11 is 0. The number of pyridine rings is 1. The minimum Gasteiger partial charge on any atom is -0.313 e. The number of nitrogens with one attached hydrogen (secondary N) is 1. The Morgan fingerprint density at radius 1 is 1.43 bits per heavy atom. The minimum atomic E-state index is 0.641. The highest BCUT2D eigenvalue weighted by Gasteiger charge is 2.06. The fraction of sp³-hybridized carbons (Fsp3) is 0.273. The van der Waals surface area contributed by atoms with Crippen LogP contribution in [0.15, 0.2) is 24.5 Å². The molecule has 0 saturated carbocycles. The van der Waals surface area contributed by atoms with Crippen molar-refractivity contribution in [3.63, 3.8) is 0 Å². The van der Waals surface area contributed by atoms with Gasteiger partial charge in [0.05, 0.1) is 0 Å². The molecule has 3 heteroatoms. The van der Waals surface area contributed by atoms with Crippen molar-refractivity contribution in [2.24, 2.45) is 0 Å². The zero-order chi connectivity index (χ0) is 9.80. The summed E-state index contributed by atoms with van der Waals surface area (Å²) in [5, 5.41) is 3.25. The van der Waals surface area contributed by atoms with Gasteiger partial charge in [-0.15, -0.1) is 0 Å². The van der Waals surface area contributed by atoms with Crippen LogP contribution in [0, 0.1) is 0 Å². The van der Waals surface area contributed by atoms with Gasteiger partial charge in [-0.3, -0.25) is 9.78 Å². The molecular formula is C11H12N2O. The van der Waals surface area contributed by atoms with Crippen LogP contribution in [0.5, 0.6) is 0 Å². The lowest BCUT2D eigenvalue weighted by Crippen LogP contribution is -2.20. The fourth-order valence-corrected chi connectivity index (χ4v) is 1.58. The van der Waals surface area contributed by atoms with E-state index in [1.165, 1.54) is 5.57 Å². The van der Waals surface area contributed by atoms with E-state index in [1.54, 1.807) is 6.20 Å². The van der Waals surface area contributed by atoms with Crippen LogP contribution in [0.2, 0.25) is 0 Å². The van der Waals surface area contributed by atoms with Crippen LogP contribution < -0.4 is 5.32 Å².